The first kappa shape index (κ1) is 31.5. The molecule has 3 aromatic carbocycles. The van der Waals surface area contributed by atoms with Gasteiger partial charge in [-0.2, -0.15) is 39.5 Å². The van der Waals surface area contributed by atoms with E-state index in [4.69, 9.17) is 0 Å². The summed E-state index contributed by atoms with van der Waals surface area (Å²) < 4.78 is 142. The van der Waals surface area contributed by atoms with Crippen LogP contribution in [0.1, 0.15) is 18.4 Å². The Morgan fingerprint density at radius 3 is 1.41 bits per heavy atom. The van der Waals surface area contributed by atoms with Crippen LogP contribution in [-0.4, -0.2) is 33.5 Å². The lowest BCUT2D eigenvalue weighted by molar-refractivity contribution is -0.397. The molecule has 0 spiro atoms. The topological polar surface area (TPSA) is 17.1 Å². The summed E-state index contributed by atoms with van der Waals surface area (Å²) in [6.07, 6.45) is -10.2. The van der Waals surface area contributed by atoms with Crippen LogP contribution in [0.3, 0.4) is 0 Å². The highest BCUT2D eigenvalue weighted by molar-refractivity contribution is 14.1. The van der Waals surface area contributed by atoms with Gasteiger partial charge in [-0.05, 0) is 18.4 Å². The highest BCUT2D eigenvalue weighted by atomic mass is 127. The molecule has 0 heterocycles. The molecular weight excluding hydrogens is 669 g/mol. The zero-order chi connectivity index (χ0) is 29.2. The van der Waals surface area contributed by atoms with Gasteiger partial charge in [-0.3, -0.25) is 0 Å². The number of alkyl halides is 10. The molecule has 12 heteroatoms. The van der Waals surface area contributed by atoms with E-state index in [2.05, 4.69) is 0 Å². The fraction of sp³-hybridized carbons (Fsp3) is 0.333. The third kappa shape index (κ3) is 5.76. The maximum Gasteiger partial charge on any atom is 0.460 e. The van der Waals surface area contributed by atoms with Crippen molar-refractivity contribution in [3.63, 3.8) is 0 Å². The Morgan fingerprint density at radius 1 is 0.615 bits per heavy atom. The van der Waals surface area contributed by atoms with Crippen LogP contribution in [0.25, 0.3) is 0 Å². The molecule has 1 atom stereocenters. The van der Waals surface area contributed by atoms with Crippen molar-refractivity contribution in [1.29, 1.82) is 0 Å². The van der Waals surface area contributed by atoms with Gasteiger partial charge in [0.05, 0.1) is 0 Å². The molecule has 1 unspecified atom stereocenters. The van der Waals surface area contributed by atoms with Crippen LogP contribution in [0, 0.1) is 0 Å². The lowest BCUT2D eigenvalue weighted by Gasteiger charge is -2.45. The molecule has 0 saturated carbocycles. The van der Waals surface area contributed by atoms with Crippen LogP contribution in [0.15, 0.2) is 91.0 Å². The van der Waals surface area contributed by atoms with Crippen LogP contribution in [0.5, 0.6) is 0 Å². The Morgan fingerprint density at radius 2 is 1.03 bits per heavy atom. The summed E-state index contributed by atoms with van der Waals surface area (Å²) in [6.45, 7) is 0. The molecule has 39 heavy (non-hydrogen) atoms. The minimum Gasteiger partial charge on any atom is -0.313 e. The van der Waals surface area contributed by atoms with E-state index < -0.39 is 55.5 Å². The molecule has 0 fully saturated rings. The Hall–Kier alpha value is -2.01. The van der Waals surface area contributed by atoms with E-state index >= 15 is 13.3 Å². The molecule has 212 valence electrons. The van der Waals surface area contributed by atoms with Gasteiger partial charge < -0.3 is 4.57 Å². The van der Waals surface area contributed by atoms with Gasteiger partial charge in [0.25, 0.3) is 0 Å². The lowest BCUT2D eigenvalue weighted by Crippen LogP contribution is -2.63. The van der Waals surface area contributed by atoms with Crippen LogP contribution < -0.4 is 10.6 Å². The van der Waals surface area contributed by atoms with Crippen LogP contribution >= 0.6 is 29.7 Å². The van der Waals surface area contributed by atoms with Gasteiger partial charge in [0.15, 0.2) is 0 Å². The maximum absolute atomic E-state index is 15.5. The van der Waals surface area contributed by atoms with E-state index in [1.54, 1.807) is 40.8 Å². The van der Waals surface area contributed by atoms with E-state index in [1.165, 1.54) is 72.8 Å². The number of hydrogen-bond acceptors (Lipinski definition) is 1. The normalized spacial score (nSPS) is 15.1. The average Bonchev–Trinajstić information content (AvgIpc) is 2.88. The molecule has 0 bridgehead atoms. The van der Waals surface area contributed by atoms with Crippen molar-refractivity contribution >= 4 is 40.3 Å². The minimum absolute atomic E-state index is 0.0151. The number of hydrogen-bond donors (Lipinski definition) is 0. The van der Waals surface area contributed by atoms with Crippen molar-refractivity contribution in [2.45, 2.75) is 48.4 Å². The van der Waals surface area contributed by atoms with Gasteiger partial charge in [0.2, 0.25) is 0 Å². The van der Waals surface area contributed by atoms with Crippen LogP contribution in [0.2, 0.25) is 0 Å². The van der Waals surface area contributed by atoms with E-state index in [1.807, 2.05) is 0 Å². The predicted octanol–water partition coefficient (Wildman–Crippen LogP) is 8.67. The molecule has 0 N–H and O–H groups in total. The second-order valence-electron chi connectivity index (χ2n) is 9.13. The molecule has 0 aliphatic heterocycles. The molecule has 0 aliphatic rings. The van der Waals surface area contributed by atoms with Crippen molar-refractivity contribution in [2.24, 2.45) is 0 Å². The quantitative estimate of drug-likeness (QED) is 0.0852. The molecule has 0 amide bonds. The van der Waals surface area contributed by atoms with Crippen molar-refractivity contribution < 1.29 is 44.1 Å². The zero-order valence-corrected chi connectivity index (χ0v) is 23.2. The maximum atomic E-state index is 15.5. The SMILES string of the molecule is O=P(c1ccccc1)(c1ccccc1)C(CCI)(Cc1ccccc1)CC(F)(F)C(F)(F)C(F)(F)C(F)(F)F. The summed E-state index contributed by atoms with van der Waals surface area (Å²) in [6, 6.07) is 21.8. The second kappa shape index (κ2) is 11.5. The first-order valence-electron chi connectivity index (χ1n) is 11.6. The Bertz CT molecular complexity index is 1230. The van der Waals surface area contributed by atoms with Crippen LogP contribution in [-0.2, 0) is 11.0 Å². The number of rotatable bonds is 11. The summed E-state index contributed by atoms with van der Waals surface area (Å²) in [4.78, 5) is 0. The summed E-state index contributed by atoms with van der Waals surface area (Å²) >= 11 is 1.75. The molecular formula is C27H23F9IOP. The molecule has 3 rings (SSSR count). The molecule has 0 aliphatic carbocycles. The Kier molecular flexibility index (Phi) is 9.27. The van der Waals surface area contributed by atoms with E-state index in [-0.39, 0.29) is 20.6 Å². The molecule has 0 saturated heterocycles. The fourth-order valence-corrected chi connectivity index (χ4v) is 9.97. The third-order valence-corrected chi connectivity index (χ3v) is 11.1. The number of halogens is 10. The standard InChI is InChI=1S/C27H23F9IOP/c28-24(29,25(30,31)26(32,33)27(34,35)36)19-23(16-17-37,18-20-10-4-1-5-11-20)39(38,21-12-6-2-7-13-21)22-14-8-3-9-15-22/h1-15H,16-19H2. The molecule has 0 radical (unpaired) electrons. The highest BCUT2D eigenvalue weighted by Crippen LogP contribution is 2.65. The van der Waals surface area contributed by atoms with Crippen molar-refractivity contribution in [3.05, 3.63) is 96.6 Å². The van der Waals surface area contributed by atoms with Crippen molar-refractivity contribution in [1.82, 2.24) is 0 Å². The van der Waals surface area contributed by atoms with Crippen molar-refractivity contribution in [2.75, 3.05) is 4.43 Å². The molecule has 0 aromatic heterocycles. The van der Waals surface area contributed by atoms with E-state index in [0.29, 0.717) is 0 Å². The molecule has 3 aromatic rings. The summed E-state index contributed by atoms with van der Waals surface area (Å²) in [5, 5.41) is -2.41. The van der Waals surface area contributed by atoms with Crippen LogP contribution in [0.4, 0.5) is 39.5 Å². The summed E-state index contributed by atoms with van der Waals surface area (Å²) in [5.74, 6) is -19.8. The van der Waals surface area contributed by atoms with Crippen molar-refractivity contribution in [3.8, 4) is 0 Å². The Balaban J connectivity index is 2.38. The largest absolute Gasteiger partial charge is 0.460 e. The Labute approximate surface area is 233 Å². The minimum atomic E-state index is -7.05. The fourth-order valence-electron chi connectivity index (χ4n) is 4.68. The third-order valence-electron chi connectivity index (χ3n) is 6.60. The first-order chi connectivity index (χ1) is 18.1. The summed E-state index contributed by atoms with van der Waals surface area (Å²) in [7, 11) is -4.45. The van der Waals surface area contributed by atoms with Gasteiger partial charge >= 0.3 is 23.9 Å². The first-order valence-corrected chi connectivity index (χ1v) is 14.8. The second-order valence-corrected chi connectivity index (χ2v) is 13.4. The molecule has 1 nitrogen and oxygen atoms in total. The number of benzene rings is 3. The van der Waals surface area contributed by atoms with E-state index in [9.17, 15) is 30.7 Å². The highest BCUT2D eigenvalue weighted by Gasteiger charge is 2.82. The summed E-state index contributed by atoms with van der Waals surface area (Å²) in [5.41, 5.74) is 0.274. The predicted molar refractivity (Wildman–Crippen MR) is 142 cm³/mol. The zero-order valence-electron chi connectivity index (χ0n) is 20.1. The van der Waals surface area contributed by atoms with E-state index in [0.717, 1.165) is 0 Å². The smallest absolute Gasteiger partial charge is 0.313 e. The monoisotopic (exact) mass is 692 g/mol. The lowest BCUT2D eigenvalue weighted by atomic mass is 9.86. The van der Waals surface area contributed by atoms with Gasteiger partial charge in [-0.1, -0.05) is 114 Å². The van der Waals surface area contributed by atoms with Gasteiger partial charge in [-0.15, -0.1) is 0 Å². The van der Waals surface area contributed by atoms with Gasteiger partial charge in [-0.25, -0.2) is 0 Å². The van der Waals surface area contributed by atoms with Gasteiger partial charge in [0, 0.05) is 26.6 Å². The average molecular weight is 692 g/mol. The van der Waals surface area contributed by atoms with Gasteiger partial charge in [0.1, 0.15) is 7.14 Å².